The molecular formula is C17H22ClF2Si. The zero-order chi connectivity index (χ0) is 14.8. The van der Waals surface area contributed by atoms with Crippen LogP contribution >= 0.6 is 11.1 Å². The zero-order valence-electron chi connectivity index (χ0n) is 12.3. The standard InChI is InChI=1S/C17H22ClF2Si/c18-21-9-7-14(8-10-21)12-1-3-13(4-2-12)15-5-6-16(19)17(20)11-15/h5-6,11-14H,1-4,7-10H2. The van der Waals surface area contributed by atoms with Gasteiger partial charge < -0.3 is 0 Å². The minimum Gasteiger partial charge on any atom is -0.204 e. The van der Waals surface area contributed by atoms with Gasteiger partial charge >= 0.3 is 0 Å². The molecule has 0 spiro atoms. The largest absolute Gasteiger partial charge is 0.204 e. The fraction of sp³-hybridized carbons (Fsp3) is 0.647. The van der Waals surface area contributed by atoms with E-state index in [2.05, 4.69) is 0 Å². The van der Waals surface area contributed by atoms with E-state index in [4.69, 9.17) is 11.1 Å². The molecule has 1 radical (unpaired) electrons. The maximum absolute atomic E-state index is 13.4. The third-order valence-electron chi connectivity index (χ3n) is 5.43. The van der Waals surface area contributed by atoms with Crippen molar-refractivity contribution in [2.75, 3.05) is 0 Å². The van der Waals surface area contributed by atoms with Crippen LogP contribution in [0.1, 0.15) is 50.0 Å². The minimum atomic E-state index is -0.742. The Morgan fingerprint density at radius 1 is 0.857 bits per heavy atom. The van der Waals surface area contributed by atoms with Crippen molar-refractivity contribution in [2.45, 2.75) is 56.5 Å². The molecule has 0 amide bonds. The Kier molecular flexibility index (Phi) is 5.00. The van der Waals surface area contributed by atoms with Gasteiger partial charge in [-0.25, -0.2) is 8.78 Å². The highest BCUT2D eigenvalue weighted by Crippen LogP contribution is 2.43. The van der Waals surface area contributed by atoms with Crippen LogP contribution in [0.5, 0.6) is 0 Å². The van der Waals surface area contributed by atoms with E-state index < -0.39 is 19.7 Å². The van der Waals surface area contributed by atoms with E-state index in [0.29, 0.717) is 5.92 Å². The number of halogens is 3. The molecule has 1 saturated heterocycles. The molecule has 0 aromatic heterocycles. The molecule has 1 aliphatic carbocycles. The maximum atomic E-state index is 13.4. The Hall–Kier alpha value is -0.413. The molecule has 2 fully saturated rings. The molecular weight excluding hydrogens is 306 g/mol. The van der Waals surface area contributed by atoms with Crippen LogP contribution in [-0.4, -0.2) is 8.11 Å². The summed E-state index contributed by atoms with van der Waals surface area (Å²) in [5, 5.41) is 0. The minimum absolute atomic E-state index is 0.410. The van der Waals surface area contributed by atoms with Crippen LogP contribution in [0.4, 0.5) is 8.78 Å². The molecule has 1 saturated carbocycles. The summed E-state index contributed by atoms with van der Waals surface area (Å²) < 4.78 is 26.4. The summed E-state index contributed by atoms with van der Waals surface area (Å²) >= 11 is 6.29. The molecule has 0 atom stereocenters. The van der Waals surface area contributed by atoms with Gasteiger partial charge in [-0.2, -0.15) is 11.1 Å². The Morgan fingerprint density at radius 3 is 2.10 bits per heavy atom. The Labute approximate surface area is 132 Å². The SMILES string of the molecule is Fc1ccc(C2CCC(C3CC[Si](Cl)CC3)CC2)cc1F. The van der Waals surface area contributed by atoms with E-state index >= 15 is 0 Å². The van der Waals surface area contributed by atoms with Crippen molar-refractivity contribution >= 4 is 19.2 Å². The molecule has 0 unspecified atom stereocenters. The maximum Gasteiger partial charge on any atom is 0.165 e. The van der Waals surface area contributed by atoms with Gasteiger partial charge in [-0.1, -0.05) is 18.9 Å². The van der Waals surface area contributed by atoms with Crippen molar-refractivity contribution in [2.24, 2.45) is 11.8 Å². The molecule has 0 bridgehead atoms. The first-order valence-electron chi connectivity index (χ1n) is 8.08. The van der Waals surface area contributed by atoms with Gasteiger partial charge in [0.1, 0.15) is 0 Å². The first-order valence-corrected chi connectivity index (χ1v) is 11.0. The second kappa shape index (κ2) is 6.78. The summed E-state index contributed by atoms with van der Waals surface area (Å²) in [5.74, 6) is 0.654. The fourth-order valence-electron chi connectivity index (χ4n) is 4.12. The Bertz CT molecular complexity index is 478. The predicted molar refractivity (Wildman–Crippen MR) is 85.0 cm³/mol. The van der Waals surface area contributed by atoms with E-state index in [1.807, 2.05) is 0 Å². The molecule has 4 heteroatoms. The number of benzene rings is 1. The first kappa shape index (κ1) is 15.5. The fourth-order valence-corrected chi connectivity index (χ4v) is 6.39. The highest BCUT2D eigenvalue weighted by molar-refractivity contribution is 7.07. The second-order valence-corrected chi connectivity index (χ2v) is 10.3. The Morgan fingerprint density at radius 2 is 1.48 bits per heavy atom. The number of rotatable bonds is 2. The molecule has 1 aromatic carbocycles. The predicted octanol–water partition coefficient (Wildman–Crippen LogP) is 5.88. The topological polar surface area (TPSA) is 0 Å². The summed E-state index contributed by atoms with van der Waals surface area (Å²) in [6.07, 6.45) is 7.34. The summed E-state index contributed by atoms with van der Waals surface area (Å²) in [6, 6.07) is 6.94. The van der Waals surface area contributed by atoms with Crippen molar-refractivity contribution in [3.8, 4) is 0 Å². The molecule has 0 N–H and O–H groups in total. The van der Waals surface area contributed by atoms with Crippen molar-refractivity contribution < 1.29 is 8.78 Å². The van der Waals surface area contributed by atoms with Crippen molar-refractivity contribution in [1.29, 1.82) is 0 Å². The lowest BCUT2D eigenvalue weighted by Crippen LogP contribution is -2.26. The molecule has 1 aromatic rings. The second-order valence-electron chi connectivity index (χ2n) is 6.64. The van der Waals surface area contributed by atoms with Crippen LogP contribution in [0.3, 0.4) is 0 Å². The van der Waals surface area contributed by atoms with Crippen molar-refractivity contribution in [3.63, 3.8) is 0 Å². The van der Waals surface area contributed by atoms with Crippen LogP contribution in [0.2, 0.25) is 12.1 Å². The van der Waals surface area contributed by atoms with Crippen molar-refractivity contribution in [1.82, 2.24) is 0 Å². The average molecular weight is 328 g/mol. The van der Waals surface area contributed by atoms with Gasteiger partial charge in [-0.3, -0.25) is 0 Å². The average Bonchev–Trinajstić information content (AvgIpc) is 2.51. The van der Waals surface area contributed by atoms with Gasteiger partial charge in [-0.05, 0) is 73.2 Å². The van der Waals surface area contributed by atoms with Crippen LogP contribution in [0.25, 0.3) is 0 Å². The van der Waals surface area contributed by atoms with Gasteiger partial charge in [0.15, 0.2) is 19.7 Å². The van der Waals surface area contributed by atoms with Crippen LogP contribution in [-0.2, 0) is 0 Å². The molecule has 21 heavy (non-hydrogen) atoms. The van der Waals surface area contributed by atoms with E-state index in [9.17, 15) is 8.78 Å². The first-order chi connectivity index (χ1) is 10.1. The van der Waals surface area contributed by atoms with Crippen molar-refractivity contribution in [3.05, 3.63) is 35.4 Å². The summed E-state index contributed by atoms with van der Waals surface area (Å²) in [6.45, 7) is 0. The third kappa shape index (κ3) is 3.68. The normalized spacial score (nSPS) is 28.7. The highest BCUT2D eigenvalue weighted by atomic mass is 35.6. The molecule has 3 rings (SSSR count). The summed E-state index contributed by atoms with van der Waals surface area (Å²) in [7, 11) is -0.530. The molecule has 2 aliphatic rings. The Balaban J connectivity index is 1.56. The van der Waals surface area contributed by atoms with Crippen LogP contribution in [0, 0.1) is 23.5 Å². The molecule has 1 heterocycles. The van der Waals surface area contributed by atoms with E-state index in [1.165, 1.54) is 49.9 Å². The van der Waals surface area contributed by atoms with Gasteiger partial charge in [0, 0.05) is 0 Å². The van der Waals surface area contributed by atoms with Gasteiger partial charge in [0.05, 0.1) is 0 Å². The van der Waals surface area contributed by atoms with E-state index in [0.717, 1.165) is 30.2 Å². The molecule has 0 nitrogen and oxygen atoms in total. The van der Waals surface area contributed by atoms with Crippen LogP contribution < -0.4 is 0 Å². The van der Waals surface area contributed by atoms with Crippen LogP contribution in [0.15, 0.2) is 18.2 Å². The zero-order valence-corrected chi connectivity index (χ0v) is 14.0. The highest BCUT2D eigenvalue weighted by Gasteiger charge is 2.31. The van der Waals surface area contributed by atoms with Gasteiger partial charge in [0.25, 0.3) is 0 Å². The molecule has 115 valence electrons. The van der Waals surface area contributed by atoms with Gasteiger partial charge in [0.2, 0.25) is 0 Å². The summed E-state index contributed by atoms with van der Waals surface area (Å²) in [5.41, 5.74) is 0.974. The quantitative estimate of drug-likeness (QED) is 0.470. The molecule has 1 aliphatic heterocycles. The monoisotopic (exact) mass is 327 g/mol. The lowest BCUT2D eigenvalue weighted by molar-refractivity contribution is 0.216. The smallest absolute Gasteiger partial charge is 0.165 e. The number of hydrogen-bond acceptors (Lipinski definition) is 0. The lowest BCUT2D eigenvalue weighted by atomic mass is 9.72. The summed E-state index contributed by atoms with van der Waals surface area (Å²) in [4.78, 5) is 0. The van der Waals surface area contributed by atoms with E-state index in [1.54, 1.807) is 6.07 Å². The third-order valence-corrected chi connectivity index (χ3v) is 8.22. The van der Waals surface area contributed by atoms with Gasteiger partial charge in [-0.15, -0.1) is 0 Å². The van der Waals surface area contributed by atoms with E-state index in [-0.39, 0.29) is 0 Å². The number of hydrogen-bond donors (Lipinski definition) is 0. The lowest BCUT2D eigenvalue weighted by Gasteiger charge is -2.36.